The molecular weight excluding hydrogens is 280 g/mol. The Morgan fingerprint density at radius 1 is 0.952 bits per heavy atom. The molecule has 1 heterocycles. The first-order chi connectivity index (χ1) is 10.3. The van der Waals surface area contributed by atoms with Crippen molar-refractivity contribution in [2.75, 3.05) is 5.01 Å². The smallest absolute Gasteiger partial charge is 0.0814 e. The molecule has 1 aliphatic carbocycles. The minimum atomic E-state index is 0.228. The number of benzene rings is 2. The summed E-state index contributed by atoms with van der Waals surface area (Å²) in [5, 5.41) is 7.60. The molecule has 21 heavy (non-hydrogen) atoms. The molecule has 0 bridgehead atoms. The van der Waals surface area contributed by atoms with E-state index in [0.29, 0.717) is 0 Å². The SMILES string of the molecule is Clc1ccc(C2=NN(c3ccccc3)C3=CC=CC32)cc1. The van der Waals surface area contributed by atoms with Gasteiger partial charge in [-0.25, -0.2) is 5.01 Å². The van der Waals surface area contributed by atoms with Crippen LogP contribution < -0.4 is 5.01 Å². The Hall–Kier alpha value is -2.32. The summed E-state index contributed by atoms with van der Waals surface area (Å²) in [6.07, 6.45) is 6.41. The first-order valence-electron chi connectivity index (χ1n) is 6.91. The van der Waals surface area contributed by atoms with Crippen LogP contribution in [0.2, 0.25) is 5.02 Å². The molecule has 3 heteroatoms. The lowest BCUT2D eigenvalue weighted by molar-refractivity contribution is 0.979. The van der Waals surface area contributed by atoms with Crippen molar-refractivity contribution in [3.8, 4) is 0 Å². The van der Waals surface area contributed by atoms with Gasteiger partial charge in [0.15, 0.2) is 0 Å². The van der Waals surface area contributed by atoms with Crippen LogP contribution in [0.1, 0.15) is 5.56 Å². The molecular formula is C18H13ClN2. The zero-order valence-electron chi connectivity index (χ0n) is 11.3. The quantitative estimate of drug-likeness (QED) is 0.787. The number of fused-ring (bicyclic) bond motifs is 1. The Kier molecular flexibility index (Phi) is 2.90. The maximum absolute atomic E-state index is 5.98. The fourth-order valence-corrected chi connectivity index (χ4v) is 2.89. The third-order valence-corrected chi connectivity index (χ3v) is 4.03. The summed E-state index contributed by atoms with van der Waals surface area (Å²) in [5.41, 5.74) is 4.46. The number of hydrogen-bond acceptors (Lipinski definition) is 2. The van der Waals surface area contributed by atoms with E-state index in [0.717, 1.165) is 22.0 Å². The van der Waals surface area contributed by atoms with Gasteiger partial charge < -0.3 is 0 Å². The summed E-state index contributed by atoms with van der Waals surface area (Å²) in [5.74, 6) is 0.228. The molecule has 0 spiro atoms. The van der Waals surface area contributed by atoms with Gasteiger partial charge in [-0.3, -0.25) is 0 Å². The van der Waals surface area contributed by atoms with Crippen molar-refractivity contribution in [1.82, 2.24) is 0 Å². The van der Waals surface area contributed by atoms with E-state index in [4.69, 9.17) is 16.7 Å². The predicted octanol–water partition coefficient (Wildman–Crippen LogP) is 4.63. The summed E-state index contributed by atoms with van der Waals surface area (Å²) in [6.45, 7) is 0. The van der Waals surface area contributed by atoms with Crippen molar-refractivity contribution in [3.05, 3.63) is 89.1 Å². The Labute approximate surface area is 128 Å². The zero-order valence-corrected chi connectivity index (χ0v) is 12.0. The number of hydrazone groups is 1. The molecule has 0 amide bonds. The summed E-state index contributed by atoms with van der Waals surface area (Å²) >= 11 is 5.98. The average molecular weight is 293 g/mol. The van der Waals surface area contributed by atoms with E-state index >= 15 is 0 Å². The van der Waals surface area contributed by atoms with E-state index in [9.17, 15) is 0 Å². The van der Waals surface area contributed by atoms with Gasteiger partial charge in [0.2, 0.25) is 0 Å². The number of hydrogen-bond donors (Lipinski definition) is 0. The monoisotopic (exact) mass is 292 g/mol. The molecule has 0 N–H and O–H groups in total. The van der Waals surface area contributed by atoms with E-state index in [-0.39, 0.29) is 5.92 Å². The number of nitrogens with zero attached hydrogens (tertiary/aromatic N) is 2. The lowest BCUT2D eigenvalue weighted by atomic mass is 9.97. The van der Waals surface area contributed by atoms with Gasteiger partial charge in [0.05, 0.1) is 23.0 Å². The average Bonchev–Trinajstić information content (AvgIpc) is 3.11. The Balaban J connectivity index is 1.79. The van der Waals surface area contributed by atoms with Crippen LogP contribution in [0.5, 0.6) is 0 Å². The highest BCUT2D eigenvalue weighted by Crippen LogP contribution is 2.37. The number of allylic oxidation sites excluding steroid dienone is 3. The molecule has 0 saturated carbocycles. The van der Waals surface area contributed by atoms with Gasteiger partial charge in [0, 0.05) is 5.02 Å². The third kappa shape index (κ3) is 2.08. The van der Waals surface area contributed by atoms with Gasteiger partial charge in [0.1, 0.15) is 0 Å². The van der Waals surface area contributed by atoms with Crippen LogP contribution in [0.3, 0.4) is 0 Å². The van der Waals surface area contributed by atoms with Crippen LogP contribution >= 0.6 is 11.6 Å². The lowest BCUT2D eigenvalue weighted by Gasteiger charge is -2.16. The van der Waals surface area contributed by atoms with Crippen LogP contribution in [0.4, 0.5) is 5.69 Å². The molecule has 2 aromatic rings. The standard InChI is InChI=1S/C18H13ClN2/c19-14-11-9-13(10-12-14)18-16-7-4-8-17(16)21(20-18)15-5-2-1-3-6-15/h1-12,16H. The highest BCUT2D eigenvalue weighted by Gasteiger charge is 2.33. The second kappa shape index (κ2) is 4.90. The molecule has 1 atom stereocenters. The second-order valence-electron chi connectivity index (χ2n) is 5.09. The molecule has 1 unspecified atom stereocenters. The lowest BCUT2D eigenvalue weighted by Crippen LogP contribution is -2.13. The van der Waals surface area contributed by atoms with E-state index in [2.05, 4.69) is 30.4 Å². The maximum atomic E-state index is 5.98. The number of para-hydroxylation sites is 1. The Morgan fingerprint density at radius 2 is 1.71 bits per heavy atom. The number of rotatable bonds is 2. The van der Waals surface area contributed by atoms with E-state index in [1.165, 1.54) is 5.70 Å². The van der Waals surface area contributed by atoms with E-state index < -0.39 is 0 Å². The first-order valence-corrected chi connectivity index (χ1v) is 7.29. The van der Waals surface area contributed by atoms with Crippen molar-refractivity contribution >= 4 is 23.0 Å². The molecule has 102 valence electrons. The maximum Gasteiger partial charge on any atom is 0.0814 e. The van der Waals surface area contributed by atoms with Crippen molar-refractivity contribution in [2.45, 2.75) is 0 Å². The molecule has 2 aromatic carbocycles. The van der Waals surface area contributed by atoms with Crippen molar-refractivity contribution in [3.63, 3.8) is 0 Å². The molecule has 0 aromatic heterocycles. The zero-order chi connectivity index (χ0) is 14.2. The minimum absolute atomic E-state index is 0.228. The largest absolute Gasteiger partial charge is 0.237 e. The topological polar surface area (TPSA) is 15.6 Å². The fourth-order valence-electron chi connectivity index (χ4n) is 2.76. The number of anilines is 1. The normalized spacial score (nSPS) is 19.5. The van der Waals surface area contributed by atoms with Gasteiger partial charge in [-0.05, 0) is 35.9 Å². The molecule has 0 saturated heterocycles. The van der Waals surface area contributed by atoms with Crippen molar-refractivity contribution in [2.24, 2.45) is 11.0 Å². The van der Waals surface area contributed by atoms with Crippen LogP contribution in [0, 0.1) is 5.92 Å². The number of halogens is 1. The van der Waals surface area contributed by atoms with Gasteiger partial charge in [-0.15, -0.1) is 0 Å². The summed E-state index contributed by atoms with van der Waals surface area (Å²) in [7, 11) is 0. The molecule has 2 nitrogen and oxygen atoms in total. The van der Waals surface area contributed by atoms with E-state index in [1.807, 2.05) is 47.5 Å². The van der Waals surface area contributed by atoms with Crippen LogP contribution in [0.25, 0.3) is 0 Å². The Morgan fingerprint density at radius 3 is 2.48 bits per heavy atom. The van der Waals surface area contributed by atoms with Gasteiger partial charge in [0.25, 0.3) is 0 Å². The molecule has 0 radical (unpaired) electrons. The minimum Gasteiger partial charge on any atom is -0.237 e. The summed E-state index contributed by atoms with van der Waals surface area (Å²) < 4.78 is 0. The fraction of sp³-hybridized carbons (Fsp3) is 0.0556. The predicted molar refractivity (Wildman–Crippen MR) is 87.6 cm³/mol. The summed E-state index contributed by atoms with van der Waals surface area (Å²) in [4.78, 5) is 0. The second-order valence-corrected chi connectivity index (χ2v) is 5.53. The van der Waals surface area contributed by atoms with Crippen molar-refractivity contribution < 1.29 is 0 Å². The van der Waals surface area contributed by atoms with Crippen LogP contribution in [0.15, 0.2) is 83.6 Å². The van der Waals surface area contributed by atoms with Crippen molar-refractivity contribution in [1.29, 1.82) is 0 Å². The van der Waals surface area contributed by atoms with E-state index in [1.54, 1.807) is 0 Å². The summed E-state index contributed by atoms with van der Waals surface area (Å²) in [6, 6.07) is 18.1. The van der Waals surface area contributed by atoms with Gasteiger partial charge in [-0.1, -0.05) is 54.1 Å². The molecule has 2 aliphatic rings. The van der Waals surface area contributed by atoms with Gasteiger partial charge in [-0.2, -0.15) is 5.10 Å². The highest BCUT2D eigenvalue weighted by molar-refractivity contribution is 6.30. The highest BCUT2D eigenvalue weighted by atomic mass is 35.5. The Bertz CT molecular complexity index is 758. The first kappa shape index (κ1) is 12.4. The van der Waals surface area contributed by atoms with Gasteiger partial charge >= 0.3 is 0 Å². The molecule has 4 rings (SSSR count). The third-order valence-electron chi connectivity index (χ3n) is 3.78. The van der Waals surface area contributed by atoms with Crippen LogP contribution in [-0.2, 0) is 0 Å². The molecule has 1 aliphatic heterocycles. The van der Waals surface area contributed by atoms with Crippen LogP contribution in [-0.4, -0.2) is 5.71 Å². The molecule has 0 fully saturated rings.